The van der Waals surface area contributed by atoms with Crippen molar-refractivity contribution in [3.8, 4) is 16.9 Å². The van der Waals surface area contributed by atoms with Gasteiger partial charge in [-0.1, -0.05) is 12.1 Å². The largest absolute Gasteiger partial charge is 0.488 e. The third-order valence-corrected chi connectivity index (χ3v) is 6.14. The summed E-state index contributed by atoms with van der Waals surface area (Å²) in [6, 6.07) is 12.6. The summed E-state index contributed by atoms with van der Waals surface area (Å²) >= 11 is 0. The van der Waals surface area contributed by atoms with Crippen LogP contribution in [0.2, 0.25) is 0 Å². The van der Waals surface area contributed by atoms with Gasteiger partial charge in [-0.15, -0.1) is 0 Å². The molecule has 0 radical (unpaired) electrons. The number of hydrogen-bond donors (Lipinski definition) is 1. The van der Waals surface area contributed by atoms with Gasteiger partial charge in [-0.05, 0) is 47.5 Å². The highest BCUT2D eigenvalue weighted by Gasteiger charge is 2.26. The Bertz CT molecular complexity index is 1430. The molecule has 0 unspecified atom stereocenters. The molecular weight excluding hydrogens is 489 g/mol. The van der Waals surface area contributed by atoms with Crippen molar-refractivity contribution in [2.24, 2.45) is 7.05 Å². The fraction of sp³-hybridized carbons (Fsp3) is 0.214. The molecule has 4 aromatic rings. The molecule has 1 fully saturated rings. The number of hydrogen-bond acceptors (Lipinski definition) is 6. The lowest BCUT2D eigenvalue weighted by atomic mass is 9.96. The highest BCUT2D eigenvalue weighted by molar-refractivity contribution is 6.09. The van der Waals surface area contributed by atoms with E-state index >= 15 is 0 Å². The first-order chi connectivity index (χ1) is 18.5. The van der Waals surface area contributed by atoms with Gasteiger partial charge in [0.1, 0.15) is 18.2 Å². The zero-order valence-electron chi connectivity index (χ0n) is 20.8. The van der Waals surface area contributed by atoms with Crippen LogP contribution in [0.5, 0.6) is 5.75 Å². The molecule has 194 valence electrons. The van der Waals surface area contributed by atoms with Crippen LogP contribution in [0.15, 0.2) is 73.3 Å². The normalized spacial score (nSPS) is 13.3. The molecule has 9 nitrogen and oxygen atoms in total. The second-order valence-electron chi connectivity index (χ2n) is 8.81. The number of nitrogens with one attached hydrogen (secondary N) is 1. The fourth-order valence-corrected chi connectivity index (χ4v) is 4.17. The number of carbonyl (C=O) groups is 2. The predicted molar refractivity (Wildman–Crippen MR) is 138 cm³/mol. The molecule has 1 aliphatic heterocycles. The van der Waals surface area contributed by atoms with Crippen molar-refractivity contribution in [2.75, 3.05) is 31.6 Å². The van der Waals surface area contributed by atoms with E-state index in [4.69, 9.17) is 9.47 Å². The number of amides is 2. The Balaban J connectivity index is 1.58. The Kier molecular flexibility index (Phi) is 7.41. The number of ether oxygens (including phenoxy) is 2. The topological polar surface area (TPSA) is 98.6 Å². The zero-order chi connectivity index (χ0) is 26.5. The van der Waals surface area contributed by atoms with Crippen LogP contribution in [-0.4, -0.2) is 57.8 Å². The molecule has 2 aromatic heterocycles. The van der Waals surface area contributed by atoms with Gasteiger partial charge in [0.2, 0.25) is 0 Å². The number of benzene rings is 2. The van der Waals surface area contributed by atoms with Gasteiger partial charge in [-0.2, -0.15) is 5.10 Å². The summed E-state index contributed by atoms with van der Waals surface area (Å²) < 4.78 is 26.5. The van der Waals surface area contributed by atoms with Crippen molar-refractivity contribution in [1.82, 2.24) is 19.7 Å². The van der Waals surface area contributed by atoms with E-state index in [1.807, 2.05) is 0 Å². The fourth-order valence-electron chi connectivity index (χ4n) is 4.17. The van der Waals surface area contributed by atoms with E-state index in [2.05, 4.69) is 15.4 Å². The van der Waals surface area contributed by atoms with Crippen LogP contribution >= 0.6 is 0 Å². The van der Waals surface area contributed by atoms with Gasteiger partial charge in [0.15, 0.2) is 0 Å². The monoisotopic (exact) mass is 515 g/mol. The third kappa shape index (κ3) is 5.70. The van der Waals surface area contributed by atoms with E-state index in [1.165, 1.54) is 18.3 Å². The summed E-state index contributed by atoms with van der Waals surface area (Å²) in [5.74, 6) is -0.759. The Morgan fingerprint density at radius 3 is 2.55 bits per heavy atom. The van der Waals surface area contributed by atoms with Crippen molar-refractivity contribution in [1.29, 1.82) is 0 Å². The van der Waals surface area contributed by atoms with Crippen molar-refractivity contribution in [3.05, 3.63) is 95.8 Å². The van der Waals surface area contributed by atoms with Crippen LogP contribution in [0, 0.1) is 5.82 Å². The Hall–Kier alpha value is -4.57. The van der Waals surface area contributed by atoms with Crippen LogP contribution in [0.4, 0.5) is 10.1 Å². The summed E-state index contributed by atoms with van der Waals surface area (Å²) in [6.07, 6.45) is 6.58. The summed E-state index contributed by atoms with van der Waals surface area (Å²) in [4.78, 5) is 32.9. The summed E-state index contributed by atoms with van der Waals surface area (Å²) in [6.45, 7) is 1.90. The minimum absolute atomic E-state index is 0.0743. The molecule has 0 spiro atoms. The van der Waals surface area contributed by atoms with Crippen LogP contribution in [-0.2, 0) is 18.4 Å². The molecule has 1 N–H and O–H groups in total. The quantitative estimate of drug-likeness (QED) is 0.401. The molecule has 2 aromatic carbocycles. The Labute approximate surface area is 218 Å². The Morgan fingerprint density at radius 1 is 1.08 bits per heavy atom. The van der Waals surface area contributed by atoms with E-state index in [9.17, 15) is 14.0 Å². The molecule has 0 saturated carbocycles. The minimum Gasteiger partial charge on any atom is -0.488 e. The molecule has 10 heteroatoms. The maximum atomic E-state index is 13.7. The van der Waals surface area contributed by atoms with Crippen molar-refractivity contribution in [3.63, 3.8) is 0 Å². The van der Waals surface area contributed by atoms with Crippen molar-refractivity contribution < 1.29 is 23.5 Å². The van der Waals surface area contributed by atoms with Gasteiger partial charge in [-0.3, -0.25) is 19.3 Å². The second kappa shape index (κ2) is 11.2. The summed E-state index contributed by atoms with van der Waals surface area (Å²) in [5.41, 5.74) is 3.07. The Morgan fingerprint density at radius 2 is 1.87 bits per heavy atom. The van der Waals surface area contributed by atoms with E-state index in [-0.39, 0.29) is 29.6 Å². The van der Waals surface area contributed by atoms with E-state index in [0.29, 0.717) is 54.2 Å². The SMILES string of the molecule is Cn1cc(-c2cc(C(=O)Nc3cccnc3)c(OCc3ccc(F)cc3)cc2C(=O)N2CCOCC2)cn1. The lowest BCUT2D eigenvalue weighted by Crippen LogP contribution is -2.40. The first kappa shape index (κ1) is 25.1. The number of rotatable bonds is 7. The van der Waals surface area contributed by atoms with Crippen LogP contribution in [0.25, 0.3) is 11.1 Å². The molecule has 0 atom stereocenters. The van der Waals surface area contributed by atoms with E-state index < -0.39 is 5.91 Å². The number of aryl methyl sites for hydroxylation is 1. The number of nitrogens with zero attached hydrogens (tertiary/aromatic N) is 4. The molecular formula is C28H26FN5O4. The third-order valence-electron chi connectivity index (χ3n) is 6.14. The number of aromatic nitrogens is 3. The highest BCUT2D eigenvalue weighted by Crippen LogP contribution is 2.33. The maximum Gasteiger partial charge on any atom is 0.259 e. The van der Waals surface area contributed by atoms with Gasteiger partial charge >= 0.3 is 0 Å². The van der Waals surface area contributed by atoms with Gasteiger partial charge in [0.25, 0.3) is 11.8 Å². The van der Waals surface area contributed by atoms with Crippen molar-refractivity contribution in [2.45, 2.75) is 6.61 Å². The molecule has 2 amide bonds. The summed E-state index contributed by atoms with van der Waals surface area (Å²) in [5, 5.41) is 7.09. The van der Waals surface area contributed by atoms with Crippen LogP contribution < -0.4 is 10.1 Å². The maximum absolute atomic E-state index is 13.7. The lowest BCUT2D eigenvalue weighted by Gasteiger charge is -2.28. The predicted octanol–water partition coefficient (Wildman–Crippen LogP) is 3.92. The average Bonchev–Trinajstić information content (AvgIpc) is 3.39. The lowest BCUT2D eigenvalue weighted by molar-refractivity contribution is 0.0303. The molecule has 0 aliphatic carbocycles. The van der Waals surface area contributed by atoms with E-state index in [0.717, 1.165) is 0 Å². The molecule has 1 saturated heterocycles. The van der Waals surface area contributed by atoms with Gasteiger partial charge in [0, 0.05) is 38.1 Å². The number of pyridine rings is 1. The van der Waals surface area contributed by atoms with Crippen molar-refractivity contribution >= 4 is 17.5 Å². The minimum atomic E-state index is -0.428. The average molecular weight is 516 g/mol. The summed E-state index contributed by atoms with van der Waals surface area (Å²) in [7, 11) is 1.78. The zero-order valence-corrected chi connectivity index (χ0v) is 20.8. The molecule has 38 heavy (non-hydrogen) atoms. The number of carbonyl (C=O) groups excluding carboxylic acids is 2. The highest BCUT2D eigenvalue weighted by atomic mass is 19.1. The first-order valence-electron chi connectivity index (χ1n) is 12.1. The second-order valence-corrected chi connectivity index (χ2v) is 8.81. The van der Waals surface area contributed by atoms with Crippen LogP contribution in [0.1, 0.15) is 26.3 Å². The smallest absolute Gasteiger partial charge is 0.259 e. The number of halogens is 1. The number of morpholine rings is 1. The van der Waals surface area contributed by atoms with Gasteiger partial charge in [0.05, 0.1) is 42.4 Å². The molecule has 3 heterocycles. The number of anilines is 1. The molecule has 0 bridgehead atoms. The molecule has 1 aliphatic rings. The van der Waals surface area contributed by atoms with Gasteiger partial charge < -0.3 is 19.7 Å². The van der Waals surface area contributed by atoms with Gasteiger partial charge in [-0.25, -0.2) is 4.39 Å². The molecule has 5 rings (SSSR count). The van der Waals surface area contributed by atoms with E-state index in [1.54, 1.807) is 71.6 Å². The first-order valence-corrected chi connectivity index (χ1v) is 12.1. The van der Waals surface area contributed by atoms with Crippen LogP contribution in [0.3, 0.4) is 0 Å². The standard InChI is InChI=1S/C28H26FN5O4/c1-33-17-20(15-31-33)23-13-25(27(35)32-22-3-2-8-30-16-22)26(38-18-19-4-6-21(29)7-5-19)14-24(23)28(36)34-9-11-37-12-10-34/h2-8,13-17H,9-12,18H2,1H3,(H,32,35).